The lowest BCUT2D eigenvalue weighted by molar-refractivity contribution is -0.133. The third-order valence-electron chi connectivity index (χ3n) is 4.59. The molecule has 3 rings (SSSR count). The quantitative estimate of drug-likeness (QED) is 0.872. The summed E-state index contributed by atoms with van der Waals surface area (Å²) in [6.07, 6.45) is -1.25. The molecule has 2 atom stereocenters. The smallest absolute Gasteiger partial charge is 0.334 e. The van der Waals surface area contributed by atoms with Crippen LogP contribution in [-0.4, -0.2) is 23.5 Å². The lowest BCUT2D eigenvalue weighted by Crippen LogP contribution is -2.31. The summed E-state index contributed by atoms with van der Waals surface area (Å²) in [7, 11) is 0. The van der Waals surface area contributed by atoms with Gasteiger partial charge in [0.15, 0.2) is 5.78 Å². The number of carbonyl (C=O) groups is 2. The van der Waals surface area contributed by atoms with Crippen LogP contribution in [0.25, 0.3) is 0 Å². The van der Waals surface area contributed by atoms with E-state index in [9.17, 15) is 27.9 Å². The van der Waals surface area contributed by atoms with Gasteiger partial charge in [-0.05, 0) is 25.0 Å². The molecule has 1 unspecified atom stereocenters. The largest absolute Gasteiger partial charge is 0.478 e. The number of carboxylic acid groups (broad SMARTS) is 1. The van der Waals surface area contributed by atoms with Gasteiger partial charge in [-0.3, -0.25) is 4.79 Å². The van der Waals surface area contributed by atoms with Gasteiger partial charge in [0, 0.05) is 29.2 Å². The molecule has 0 radical (unpaired) electrons. The summed E-state index contributed by atoms with van der Waals surface area (Å²) >= 11 is 0. The van der Waals surface area contributed by atoms with E-state index < -0.39 is 30.6 Å². The van der Waals surface area contributed by atoms with Gasteiger partial charge >= 0.3 is 5.97 Å². The van der Waals surface area contributed by atoms with Crippen molar-refractivity contribution < 1.29 is 27.9 Å². The van der Waals surface area contributed by atoms with Gasteiger partial charge in [0.2, 0.25) is 0 Å². The first-order valence-corrected chi connectivity index (χ1v) is 7.84. The lowest BCUT2D eigenvalue weighted by atomic mass is 9.78. The molecule has 0 spiro atoms. The van der Waals surface area contributed by atoms with Crippen LogP contribution in [0.4, 0.5) is 13.2 Å². The van der Waals surface area contributed by atoms with Gasteiger partial charge in [-0.25, -0.2) is 18.0 Å². The Morgan fingerprint density at radius 3 is 2.72 bits per heavy atom. The van der Waals surface area contributed by atoms with Crippen LogP contribution in [0.3, 0.4) is 0 Å². The molecule has 7 heteroatoms. The number of benzene rings is 1. The number of hydrogen-bond donors (Lipinski definition) is 2. The topological polar surface area (TPSA) is 66.4 Å². The molecular weight excluding hydrogens is 335 g/mol. The highest BCUT2D eigenvalue weighted by Crippen LogP contribution is 2.45. The normalized spacial score (nSPS) is 21.3. The molecule has 0 saturated heterocycles. The second-order valence-corrected chi connectivity index (χ2v) is 6.06. The third-order valence-corrected chi connectivity index (χ3v) is 4.59. The summed E-state index contributed by atoms with van der Waals surface area (Å²) in [5.74, 6) is -3.76. The number of hydrogen-bond acceptors (Lipinski definition) is 3. The number of Topliss-reactive ketones (excluding diaryl/α,β-unsaturated/α-hetero) is 1. The van der Waals surface area contributed by atoms with Crippen molar-refractivity contribution >= 4 is 11.8 Å². The van der Waals surface area contributed by atoms with Crippen molar-refractivity contribution in [2.45, 2.75) is 31.9 Å². The zero-order valence-corrected chi connectivity index (χ0v) is 13.4. The summed E-state index contributed by atoms with van der Waals surface area (Å²) in [6, 6.07) is 3.79. The van der Waals surface area contributed by atoms with Crippen LogP contribution in [0.1, 0.15) is 43.0 Å². The number of nitrogens with one attached hydrogen (secondary N) is 1. The molecular formula is C18H16F3NO3. The van der Waals surface area contributed by atoms with E-state index in [0.29, 0.717) is 12.1 Å². The SMILES string of the molecule is C[C@@H](F)c1c(F)cccc1C1C(C(=O)O)=C(CF)NC2=C1C(=O)CC2. The first-order chi connectivity index (χ1) is 11.9. The van der Waals surface area contributed by atoms with Gasteiger partial charge < -0.3 is 10.4 Å². The van der Waals surface area contributed by atoms with Crippen LogP contribution >= 0.6 is 0 Å². The molecule has 2 aliphatic rings. The van der Waals surface area contributed by atoms with Crippen LogP contribution in [0, 0.1) is 5.82 Å². The van der Waals surface area contributed by atoms with Crippen molar-refractivity contribution in [3.05, 3.63) is 57.7 Å². The Morgan fingerprint density at radius 2 is 2.12 bits per heavy atom. The van der Waals surface area contributed by atoms with Crippen LogP contribution in [-0.2, 0) is 9.59 Å². The zero-order chi connectivity index (χ0) is 18.3. The number of rotatable bonds is 4. The fourth-order valence-electron chi connectivity index (χ4n) is 3.60. The van der Waals surface area contributed by atoms with Crippen molar-refractivity contribution in [1.82, 2.24) is 5.32 Å². The number of allylic oxidation sites excluding steroid dienone is 3. The molecule has 0 bridgehead atoms. The van der Waals surface area contributed by atoms with Crippen molar-refractivity contribution in [1.29, 1.82) is 0 Å². The molecule has 2 N–H and O–H groups in total. The number of aliphatic carboxylic acids is 1. The van der Waals surface area contributed by atoms with Gasteiger partial charge in [-0.2, -0.15) is 0 Å². The van der Waals surface area contributed by atoms with Gasteiger partial charge in [0.05, 0.1) is 11.3 Å². The third kappa shape index (κ3) is 2.73. The average Bonchev–Trinajstić information content (AvgIpc) is 2.93. The first kappa shape index (κ1) is 17.3. The van der Waals surface area contributed by atoms with E-state index in [0.717, 1.165) is 13.0 Å². The van der Waals surface area contributed by atoms with Crippen LogP contribution in [0.2, 0.25) is 0 Å². The van der Waals surface area contributed by atoms with E-state index >= 15 is 0 Å². The molecule has 1 aromatic rings. The molecule has 1 aromatic carbocycles. The van der Waals surface area contributed by atoms with Crippen molar-refractivity contribution in [3.63, 3.8) is 0 Å². The highest BCUT2D eigenvalue weighted by Gasteiger charge is 2.42. The van der Waals surface area contributed by atoms with Crippen LogP contribution in [0.15, 0.2) is 40.7 Å². The molecule has 0 aromatic heterocycles. The minimum absolute atomic E-state index is 0.0441. The second kappa shape index (κ2) is 6.38. The maximum absolute atomic E-state index is 14.2. The number of alkyl halides is 2. The highest BCUT2D eigenvalue weighted by molar-refractivity contribution is 6.04. The lowest BCUT2D eigenvalue weighted by Gasteiger charge is -2.30. The minimum Gasteiger partial charge on any atom is -0.478 e. The van der Waals surface area contributed by atoms with Crippen molar-refractivity contribution in [3.8, 4) is 0 Å². The predicted octanol–water partition coefficient (Wildman–Crippen LogP) is 3.47. The van der Waals surface area contributed by atoms with Crippen molar-refractivity contribution in [2.75, 3.05) is 6.67 Å². The monoisotopic (exact) mass is 351 g/mol. The van der Waals surface area contributed by atoms with Gasteiger partial charge in [-0.15, -0.1) is 0 Å². The van der Waals surface area contributed by atoms with E-state index in [1.54, 1.807) is 0 Å². The Balaban J connectivity index is 2.31. The van der Waals surface area contributed by atoms with Gasteiger partial charge in [0.1, 0.15) is 18.7 Å². The summed E-state index contributed by atoms with van der Waals surface area (Å²) in [6.45, 7) is 0.0495. The number of dihydropyridines is 1. The zero-order valence-electron chi connectivity index (χ0n) is 13.4. The molecule has 1 aliphatic heterocycles. The van der Waals surface area contributed by atoms with E-state index in [2.05, 4.69) is 5.32 Å². The van der Waals surface area contributed by atoms with Crippen LogP contribution in [0.5, 0.6) is 0 Å². The molecule has 25 heavy (non-hydrogen) atoms. The Kier molecular flexibility index (Phi) is 4.41. The molecule has 1 heterocycles. The fourth-order valence-corrected chi connectivity index (χ4v) is 3.60. The van der Waals surface area contributed by atoms with Gasteiger partial charge in [0.25, 0.3) is 0 Å². The molecule has 1 aliphatic carbocycles. The Morgan fingerprint density at radius 1 is 1.40 bits per heavy atom. The van der Waals surface area contributed by atoms with E-state index in [-0.39, 0.29) is 40.2 Å². The average molecular weight is 351 g/mol. The summed E-state index contributed by atoms with van der Waals surface area (Å²) in [5, 5.41) is 12.3. The Hall–Kier alpha value is -2.57. The Bertz CT molecular complexity index is 827. The summed E-state index contributed by atoms with van der Waals surface area (Å²) in [4.78, 5) is 24.1. The molecule has 0 fully saturated rings. The first-order valence-electron chi connectivity index (χ1n) is 7.84. The number of halogens is 3. The molecule has 0 saturated carbocycles. The maximum Gasteiger partial charge on any atom is 0.334 e. The Labute approximate surface area is 142 Å². The highest BCUT2D eigenvalue weighted by atomic mass is 19.1. The van der Waals surface area contributed by atoms with E-state index in [1.807, 2.05) is 0 Å². The standard InChI is InChI=1S/C18H16F3NO3/c1-8(20)14-9(3-2-4-10(14)21)15-16-11(5-6-13(16)23)22-12(7-19)17(15)18(24)25/h2-4,8,15,22H,5-7H2,1H3,(H,24,25)/t8-,15?/m1/s1. The van der Waals surface area contributed by atoms with Crippen molar-refractivity contribution in [2.24, 2.45) is 0 Å². The number of carbonyl (C=O) groups excluding carboxylic acids is 1. The van der Waals surface area contributed by atoms with E-state index in [1.165, 1.54) is 12.1 Å². The number of carboxylic acids is 1. The fraction of sp³-hybridized carbons (Fsp3) is 0.333. The summed E-state index contributed by atoms with van der Waals surface area (Å²) < 4.78 is 41.7. The molecule has 132 valence electrons. The summed E-state index contributed by atoms with van der Waals surface area (Å²) in [5.41, 5.74) is -0.256. The van der Waals surface area contributed by atoms with Gasteiger partial charge in [-0.1, -0.05) is 12.1 Å². The van der Waals surface area contributed by atoms with Crippen LogP contribution < -0.4 is 5.32 Å². The second-order valence-electron chi connectivity index (χ2n) is 6.06. The maximum atomic E-state index is 14.2. The number of ketones is 1. The minimum atomic E-state index is -1.71. The molecule has 4 nitrogen and oxygen atoms in total. The predicted molar refractivity (Wildman–Crippen MR) is 83.7 cm³/mol. The van der Waals surface area contributed by atoms with E-state index in [4.69, 9.17) is 0 Å². The molecule has 0 amide bonds.